The third-order valence-electron chi connectivity index (χ3n) is 3.36. The highest BCUT2D eigenvalue weighted by Gasteiger charge is 2.20. The highest BCUT2D eigenvalue weighted by molar-refractivity contribution is 9.09. The van der Waals surface area contributed by atoms with Crippen LogP contribution >= 0.6 is 27.5 Å². The molecule has 0 radical (unpaired) electrons. The van der Waals surface area contributed by atoms with Crippen LogP contribution in [-0.2, 0) is 6.42 Å². The molecule has 0 saturated carbocycles. The first-order valence-corrected chi connectivity index (χ1v) is 7.91. The van der Waals surface area contributed by atoms with E-state index in [0.29, 0.717) is 41.7 Å². The minimum absolute atomic E-state index is 0.0993. The molecule has 1 heterocycles. The molecule has 21 heavy (non-hydrogen) atoms. The van der Waals surface area contributed by atoms with Crippen molar-refractivity contribution in [2.75, 3.05) is 13.2 Å². The van der Waals surface area contributed by atoms with Gasteiger partial charge in [0.05, 0.1) is 0 Å². The molecule has 2 nitrogen and oxygen atoms in total. The van der Waals surface area contributed by atoms with Crippen LogP contribution in [0.1, 0.15) is 16.0 Å². The molecule has 0 spiro atoms. The average molecular weight is 372 g/mol. The fourth-order valence-corrected chi connectivity index (χ4v) is 3.43. The van der Waals surface area contributed by atoms with Crippen molar-refractivity contribution in [2.45, 2.75) is 11.2 Å². The van der Waals surface area contributed by atoms with Gasteiger partial charge >= 0.3 is 0 Å². The van der Waals surface area contributed by atoms with Crippen molar-refractivity contribution >= 4 is 27.5 Å². The number of hydrogen-bond donors (Lipinski definition) is 0. The number of benzene rings is 2. The van der Waals surface area contributed by atoms with Crippen LogP contribution in [0.2, 0.25) is 5.02 Å². The molecule has 0 bridgehead atoms. The summed E-state index contributed by atoms with van der Waals surface area (Å²) in [5.74, 6) is 1.12. The maximum Gasteiger partial charge on any atom is 0.162 e. The van der Waals surface area contributed by atoms with Gasteiger partial charge in [-0.3, -0.25) is 0 Å². The van der Waals surface area contributed by atoms with Gasteiger partial charge in [0.2, 0.25) is 0 Å². The number of fused-ring (bicyclic) bond motifs is 1. The van der Waals surface area contributed by atoms with Gasteiger partial charge in [0.15, 0.2) is 11.5 Å². The Hall–Kier alpha value is -1.26. The van der Waals surface area contributed by atoms with E-state index in [0.717, 1.165) is 5.56 Å². The van der Waals surface area contributed by atoms with Crippen molar-refractivity contribution in [3.63, 3.8) is 0 Å². The molecule has 0 saturated heterocycles. The maximum absolute atomic E-state index is 13.7. The van der Waals surface area contributed by atoms with Crippen molar-refractivity contribution < 1.29 is 13.9 Å². The Morgan fingerprint density at radius 3 is 2.52 bits per heavy atom. The second-order valence-electron chi connectivity index (χ2n) is 4.78. The molecule has 0 amide bonds. The van der Waals surface area contributed by atoms with Gasteiger partial charge in [-0.1, -0.05) is 45.7 Å². The Morgan fingerprint density at radius 2 is 1.81 bits per heavy atom. The van der Waals surface area contributed by atoms with E-state index in [1.807, 2.05) is 12.1 Å². The molecule has 2 aromatic carbocycles. The van der Waals surface area contributed by atoms with Gasteiger partial charge in [0.25, 0.3) is 0 Å². The van der Waals surface area contributed by atoms with Crippen molar-refractivity contribution in [3.05, 3.63) is 58.4 Å². The lowest BCUT2D eigenvalue weighted by molar-refractivity contribution is 0.171. The van der Waals surface area contributed by atoms with E-state index in [1.54, 1.807) is 18.2 Å². The standard InChI is InChI=1S/C16H13BrClFO2/c17-12(7-10-3-1-2-4-14(10)19)11-8-15-16(9-13(11)18)21-6-5-20-15/h1-4,8-9,12H,5-7H2. The zero-order valence-electron chi connectivity index (χ0n) is 11.1. The summed E-state index contributed by atoms with van der Waals surface area (Å²) >= 11 is 9.89. The Kier molecular flexibility index (Phi) is 4.36. The summed E-state index contributed by atoms with van der Waals surface area (Å²) in [6.45, 7) is 1.05. The summed E-state index contributed by atoms with van der Waals surface area (Å²) < 4.78 is 24.8. The quantitative estimate of drug-likeness (QED) is 0.712. The fraction of sp³-hybridized carbons (Fsp3) is 0.250. The van der Waals surface area contributed by atoms with Crippen LogP contribution in [0.3, 0.4) is 0 Å². The fourth-order valence-electron chi connectivity index (χ4n) is 2.29. The normalized spacial score (nSPS) is 14.8. The molecule has 0 aliphatic carbocycles. The third kappa shape index (κ3) is 3.16. The van der Waals surface area contributed by atoms with Crippen molar-refractivity contribution in [2.24, 2.45) is 0 Å². The summed E-state index contributed by atoms with van der Waals surface area (Å²) in [6.07, 6.45) is 0.506. The second-order valence-corrected chi connectivity index (χ2v) is 6.29. The zero-order chi connectivity index (χ0) is 14.8. The highest BCUT2D eigenvalue weighted by atomic mass is 79.9. The van der Waals surface area contributed by atoms with Crippen molar-refractivity contribution in [1.82, 2.24) is 0 Å². The van der Waals surface area contributed by atoms with Crippen LogP contribution in [0.5, 0.6) is 11.5 Å². The van der Waals surface area contributed by atoms with Crippen LogP contribution in [0, 0.1) is 5.82 Å². The van der Waals surface area contributed by atoms with E-state index in [-0.39, 0.29) is 10.6 Å². The SMILES string of the molecule is Fc1ccccc1CC(Br)c1cc2c(cc1Cl)OCCO2. The molecular weight excluding hydrogens is 359 g/mol. The lowest BCUT2D eigenvalue weighted by atomic mass is 10.0. The van der Waals surface area contributed by atoms with E-state index >= 15 is 0 Å². The van der Waals surface area contributed by atoms with E-state index in [2.05, 4.69) is 15.9 Å². The van der Waals surface area contributed by atoms with Crippen LogP contribution in [0.15, 0.2) is 36.4 Å². The molecular formula is C16H13BrClFO2. The van der Waals surface area contributed by atoms with Gasteiger partial charge in [-0.2, -0.15) is 0 Å². The smallest absolute Gasteiger partial charge is 0.162 e. The molecule has 5 heteroatoms. The summed E-state index contributed by atoms with van der Waals surface area (Å²) in [6, 6.07) is 10.3. The van der Waals surface area contributed by atoms with Crippen LogP contribution < -0.4 is 9.47 Å². The molecule has 2 aromatic rings. The number of hydrogen-bond acceptors (Lipinski definition) is 2. The summed E-state index contributed by atoms with van der Waals surface area (Å²) in [4.78, 5) is -0.0993. The summed E-state index contributed by atoms with van der Waals surface area (Å²) in [5.41, 5.74) is 1.51. The minimum atomic E-state index is -0.212. The molecule has 0 fully saturated rings. The average Bonchev–Trinajstić information content (AvgIpc) is 2.49. The van der Waals surface area contributed by atoms with Gasteiger partial charge in [0, 0.05) is 15.9 Å². The zero-order valence-corrected chi connectivity index (χ0v) is 13.5. The largest absolute Gasteiger partial charge is 0.486 e. The van der Waals surface area contributed by atoms with Crippen molar-refractivity contribution in [3.8, 4) is 11.5 Å². The minimum Gasteiger partial charge on any atom is -0.486 e. The topological polar surface area (TPSA) is 18.5 Å². The molecule has 1 unspecified atom stereocenters. The van der Waals surface area contributed by atoms with Crippen molar-refractivity contribution in [1.29, 1.82) is 0 Å². The van der Waals surface area contributed by atoms with Gasteiger partial charge in [-0.05, 0) is 29.7 Å². The maximum atomic E-state index is 13.7. The molecule has 1 atom stereocenters. The molecule has 1 aliphatic rings. The van der Waals surface area contributed by atoms with Crippen LogP contribution in [0.25, 0.3) is 0 Å². The van der Waals surface area contributed by atoms with E-state index in [9.17, 15) is 4.39 Å². The van der Waals surface area contributed by atoms with Crippen LogP contribution in [-0.4, -0.2) is 13.2 Å². The highest BCUT2D eigenvalue weighted by Crippen LogP contribution is 2.41. The lowest BCUT2D eigenvalue weighted by Gasteiger charge is -2.21. The first-order chi connectivity index (χ1) is 10.1. The summed E-state index contributed by atoms with van der Waals surface area (Å²) in [7, 11) is 0. The monoisotopic (exact) mass is 370 g/mol. The summed E-state index contributed by atoms with van der Waals surface area (Å²) in [5, 5.41) is 0.581. The number of rotatable bonds is 3. The molecule has 1 aliphatic heterocycles. The van der Waals surface area contributed by atoms with Gasteiger partial charge in [-0.25, -0.2) is 4.39 Å². The Balaban J connectivity index is 1.87. The number of alkyl halides is 1. The number of ether oxygens (including phenoxy) is 2. The number of halogens is 3. The van der Waals surface area contributed by atoms with Gasteiger partial charge in [0.1, 0.15) is 19.0 Å². The predicted molar refractivity (Wildman–Crippen MR) is 84.2 cm³/mol. The molecule has 3 rings (SSSR count). The van der Waals surface area contributed by atoms with Gasteiger partial charge in [-0.15, -0.1) is 0 Å². The predicted octanol–water partition coefficient (Wildman–Crippen LogP) is 4.93. The van der Waals surface area contributed by atoms with Crippen LogP contribution in [0.4, 0.5) is 4.39 Å². The molecule has 0 aromatic heterocycles. The first kappa shape index (κ1) is 14.7. The molecule has 0 N–H and O–H groups in total. The first-order valence-electron chi connectivity index (χ1n) is 6.61. The Bertz CT molecular complexity index is 663. The second kappa shape index (κ2) is 6.24. The van der Waals surface area contributed by atoms with E-state index in [1.165, 1.54) is 6.07 Å². The molecule has 110 valence electrons. The Labute approximate surface area is 136 Å². The third-order valence-corrected chi connectivity index (χ3v) is 4.50. The Morgan fingerprint density at radius 1 is 1.14 bits per heavy atom. The van der Waals surface area contributed by atoms with E-state index in [4.69, 9.17) is 21.1 Å². The van der Waals surface area contributed by atoms with E-state index < -0.39 is 0 Å². The lowest BCUT2D eigenvalue weighted by Crippen LogP contribution is -2.15. The van der Waals surface area contributed by atoms with Gasteiger partial charge < -0.3 is 9.47 Å².